The van der Waals surface area contributed by atoms with E-state index in [0.29, 0.717) is 18.4 Å². The average Bonchev–Trinajstić information content (AvgIpc) is 2.88. The number of fused-ring (bicyclic) bond motifs is 1. The second kappa shape index (κ2) is 5.05. The number of ketones is 2. The molecule has 0 N–H and O–H groups in total. The van der Waals surface area contributed by atoms with Crippen LogP contribution < -0.4 is 0 Å². The second-order valence-electron chi connectivity index (χ2n) is 7.80. The first-order valence-corrected chi connectivity index (χ1v) is 8.22. The van der Waals surface area contributed by atoms with Crippen LogP contribution in [0.15, 0.2) is 46.8 Å². The molecule has 3 heteroatoms. The Hall–Kier alpha value is -1.90. The van der Waals surface area contributed by atoms with Gasteiger partial charge in [-0.15, -0.1) is 0 Å². The Morgan fingerprint density at radius 2 is 1.91 bits per heavy atom. The number of allylic oxidation sites excluding steroid dienone is 5. The van der Waals surface area contributed by atoms with Crippen molar-refractivity contribution >= 4 is 11.6 Å². The molecule has 2 heterocycles. The molecule has 0 fully saturated rings. The van der Waals surface area contributed by atoms with Crippen molar-refractivity contribution in [2.75, 3.05) is 0 Å². The van der Waals surface area contributed by atoms with Crippen molar-refractivity contribution in [2.45, 2.75) is 53.1 Å². The molecule has 1 unspecified atom stereocenters. The Bertz CT molecular complexity index is 715. The molecular formula is C20H24O3. The van der Waals surface area contributed by atoms with Gasteiger partial charge in [0.2, 0.25) is 5.78 Å². The largest absolute Gasteiger partial charge is 0.478 e. The minimum atomic E-state index is -0.916. The Kier molecular flexibility index (Phi) is 3.51. The molecule has 3 nitrogen and oxygen atoms in total. The van der Waals surface area contributed by atoms with E-state index in [-0.39, 0.29) is 22.9 Å². The van der Waals surface area contributed by atoms with Crippen LogP contribution in [-0.4, -0.2) is 17.2 Å². The number of hydrogen-bond acceptors (Lipinski definition) is 3. The summed E-state index contributed by atoms with van der Waals surface area (Å²) in [6.07, 6.45) is 8.74. The summed E-state index contributed by atoms with van der Waals surface area (Å²) < 4.78 is 6.29. The fraction of sp³-hybridized carbons (Fsp3) is 0.500. The molecule has 1 aliphatic carbocycles. The van der Waals surface area contributed by atoms with Crippen molar-refractivity contribution < 1.29 is 14.3 Å². The number of carbonyl (C=O) groups excluding carboxylic acids is 2. The Labute approximate surface area is 137 Å². The van der Waals surface area contributed by atoms with E-state index in [1.54, 1.807) is 13.0 Å². The van der Waals surface area contributed by atoms with Gasteiger partial charge in [-0.3, -0.25) is 9.59 Å². The van der Waals surface area contributed by atoms with Gasteiger partial charge in [-0.25, -0.2) is 0 Å². The quantitative estimate of drug-likeness (QED) is 0.677. The summed E-state index contributed by atoms with van der Waals surface area (Å²) >= 11 is 0. The van der Waals surface area contributed by atoms with Gasteiger partial charge in [-0.1, -0.05) is 32.9 Å². The minimum absolute atomic E-state index is 0.00963. The summed E-state index contributed by atoms with van der Waals surface area (Å²) in [7, 11) is 0. The number of Topliss-reactive ketones (excluding diaryl/α,β-unsaturated/α-hetero) is 1. The minimum Gasteiger partial charge on any atom is -0.478 e. The number of carbonyl (C=O) groups is 2. The van der Waals surface area contributed by atoms with Crippen LogP contribution in [0.25, 0.3) is 0 Å². The zero-order valence-corrected chi connectivity index (χ0v) is 14.5. The third kappa shape index (κ3) is 2.52. The van der Waals surface area contributed by atoms with Gasteiger partial charge < -0.3 is 4.74 Å². The van der Waals surface area contributed by atoms with Crippen LogP contribution >= 0.6 is 0 Å². The smallest absolute Gasteiger partial charge is 0.210 e. The van der Waals surface area contributed by atoms with Crippen LogP contribution in [-0.2, 0) is 14.3 Å². The van der Waals surface area contributed by atoms with Crippen molar-refractivity contribution in [2.24, 2.45) is 11.3 Å². The van der Waals surface area contributed by atoms with Crippen molar-refractivity contribution in [3.8, 4) is 0 Å². The lowest BCUT2D eigenvalue weighted by Crippen LogP contribution is -2.37. The van der Waals surface area contributed by atoms with E-state index in [1.807, 2.05) is 19.1 Å². The van der Waals surface area contributed by atoms with Gasteiger partial charge in [-0.2, -0.15) is 0 Å². The van der Waals surface area contributed by atoms with E-state index >= 15 is 0 Å². The molecule has 2 bridgehead atoms. The summed E-state index contributed by atoms with van der Waals surface area (Å²) in [5.41, 5.74) is 1.05. The van der Waals surface area contributed by atoms with Gasteiger partial charge in [0.1, 0.15) is 5.76 Å². The molecule has 0 saturated carbocycles. The average molecular weight is 312 g/mol. The van der Waals surface area contributed by atoms with Crippen LogP contribution in [0.3, 0.4) is 0 Å². The molecule has 23 heavy (non-hydrogen) atoms. The highest BCUT2D eigenvalue weighted by Crippen LogP contribution is 2.48. The van der Waals surface area contributed by atoms with Gasteiger partial charge in [0.25, 0.3) is 0 Å². The van der Waals surface area contributed by atoms with Crippen LogP contribution in [0, 0.1) is 11.3 Å². The molecule has 1 spiro atoms. The summed E-state index contributed by atoms with van der Waals surface area (Å²) in [5.74, 6) is 1.07. The monoisotopic (exact) mass is 312 g/mol. The molecule has 0 aromatic rings. The molecular weight excluding hydrogens is 288 g/mol. The van der Waals surface area contributed by atoms with Crippen molar-refractivity contribution in [3.63, 3.8) is 0 Å². The van der Waals surface area contributed by atoms with E-state index in [4.69, 9.17) is 4.74 Å². The van der Waals surface area contributed by atoms with Crippen molar-refractivity contribution in [3.05, 3.63) is 46.8 Å². The highest BCUT2D eigenvalue weighted by molar-refractivity contribution is 6.08. The lowest BCUT2D eigenvalue weighted by molar-refractivity contribution is -0.127. The van der Waals surface area contributed by atoms with Crippen LogP contribution in [0.4, 0.5) is 0 Å². The summed E-state index contributed by atoms with van der Waals surface area (Å²) in [6, 6.07) is 0. The second-order valence-corrected chi connectivity index (χ2v) is 7.80. The highest BCUT2D eigenvalue weighted by atomic mass is 16.5. The third-order valence-electron chi connectivity index (χ3n) is 5.03. The van der Waals surface area contributed by atoms with E-state index < -0.39 is 5.60 Å². The van der Waals surface area contributed by atoms with Crippen LogP contribution in [0.5, 0.6) is 0 Å². The number of ether oxygens (including phenoxy) is 1. The molecule has 0 aromatic heterocycles. The Morgan fingerprint density at radius 1 is 1.22 bits per heavy atom. The predicted octanol–water partition coefficient (Wildman–Crippen LogP) is 4.07. The van der Waals surface area contributed by atoms with Crippen molar-refractivity contribution in [1.29, 1.82) is 0 Å². The van der Waals surface area contributed by atoms with Crippen molar-refractivity contribution in [1.82, 2.24) is 0 Å². The zero-order chi connectivity index (χ0) is 17.0. The molecule has 0 saturated heterocycles. The first kappa shape index (κ1) is 16.0. The van der Waals surface area contributed by atoms with E-state index in [9.17, 15) is 9.59 Å². The molecule has 0 radical (unpaired) electrons. The fourth-order valence-electron chi connectivity index (χ4n) is 3.70. The molecule has 2 aliphatic heterocycles. The van der Waals surface area contributed by atoms with Crippen LogP contribution in [0.1, 0.15) is 47.5 Å². The van der Waals surface area contributed by atoms with Gasteiger partial charge in [0.15, 0.2) is 11.4 Å². The molecule has 0 amide bonds. The third-order valence-corrected chi connectivity index (χ3v) is 5.03. The lowest BCUT2D eigenvalue weighted by Gasteiger charge is -2.28. The van der Waals surface area contributed by atoms with E-state index in [2.05, 4.69) is 26.8 Å². The molecule has 122 valence electrons. The lowest BCUT2D eigenvalue weighted by atomic mass is 9.84. The number of hydrogen-bond donors (Lipinski definition) is 0. The van der Waals surface area contributed by atoms with Crippen LogP contribution in [0.2, 0.25) is 0 Å². The maximum absolute atomic E-state index is 13.0. The predicted molar refractivity (Wildman–Crippen MR) is 89.7 cm³/mol. The number of rotatable bonds is 0. The van der Waals surface area contributed by atoms with Gasteiger partial charge >= 0.3 is 0 Å². The van der Waals surface area contributed by atoms with Gasteiger partial charge in [0, 0.05) is 18.4 Å². The fourth-order valence-corrected chi connectivity index (χ4v) is 3.70. The van der Waals surface area contributed by atoms with E-state index in [1.165, 1.54) is 0 Å². The topological polar surface area (TPSA) is 43.4 Å². The maximum Gasteiger partial charge on any atom is 0.210 e. The first-order chi connectivity index (χ1) is 10.6. The summed E-state index contributed by atoms with van der Waals surface area (Å²) in [4.78, 5) is 25.3. The van der Waals surface area contributed by atoms with Gasteiger partial charge in [-0.05, 0) is 48.5 Å². The summed E-state index contributed by atoms with van der Waals surface area (Å²) in [6.45, 7) is 9.86. The first-order valence-electron chi connectivity index (χ1n) is 8.22. The molecule has 3 rings (SSSR count). The Balaban J connectivity index is 2.17. The van der Waals surface area contributed by atoms with Gasteiger partial charge in [0.05, 0.1) is 0 Å². The highest BCUT2D eigenvalue weighted by Gasteiger charge is 2.53. The van der Waals surface area contributed by atoms with E-state index in [0.717, 1.165) is 16.9 Å². The molecule has 0 aromatic carbocycles. The molecule has 2 atom stereocenters. The maximum atomic E-state index is 13.0. The zero-order valence-electron chi connectivity index (χ0n) is 14.5. The SMILES string of the molecule is CC1=C2CC(C)(C)/C=C/C(=O)/C(C)=C\C3=C[C@H](C)CC3(O2)C1=O. The Morgan fingerprint density at radius 3 is 2.61 bits per heavy atom. The standard InChI is InChI=1S/C20H24O3/c1-12-8-15-9-13(2)16(21)6-7-19(4,5)11-17-14(3)18(22)20(15,10-12)23-17/h6-9,12H,10-11H2,1-5H3/b7-6+,13-9-/t12-,20?/m0/s1. The summed E-state index contributed by atoms with van der Waals surface area (Å²) in [5, 5.41) is 0. The normalized spacial score (nSPS) is 36.7. The molecule has 3 aliphatic rings.